The molecule has 0 spiro atoms. The molecule has 10 heteroatoms. The summed E-state index contributed by atoms with van der Waals surface area (Å²) in [7, 11) is 0. The molecule has 0 radical (unpaired) electrons. The third-order valence-corrected chi connectivity index (χ3v) is 4.91. The molecule has 1 amide bonds. The van der Waals surface area contributed by atoms with Crippen molar-refractivity contribution in [2.75, 3.05) is 5.32 Å². The highest BCUT2D eigenvalue weighted by molar-refractivity contribution is 5.90. The Hall–Kier alpha value is -3.95. The van der Waals surface area contributed by atoms with Crippen LogP contribution in [-0.4, -0.2) is 25.2 Å². The molecule has 4 aromatic rings. The van der Waals surface area contributed by atoms with Crippen molar-refractivity contribution >= 4 is 22.6 Å². The molecule has 2 aromatic carbocycles. The number of fused-ring (bicyclic) bond motifs is 1. The van der Waals surface area contributed by atoms with Crippen molar-refractivity contribution in [2.45, 2.75) is 26.1 Å². The fourth-order valence-corrected chi connectivity index (χ4v) is 3.34. The van der Waals surface area contributed by atoms with Crippen molar-refractivity contribution in [1.29, 1.82) is 0 Å². The fourth-order valence-electron chi connectivity index (χ4n) is 3.34. The number of rotatable bonds is 5. The van der Waals surface area contributed by atoms with Crippen molar-refractivity contribution < 1.29 is 18.0 Å². The van der Waals surface area contributed by atoms with Crippen LogP contribution >= 0.6 is 0 Å². The van der Waals surface area contributed by atoms with Crippen molar-refractivity contribution in [3.8, 4) is 5.69 Å². The van der Waals surface area contributed by atoms with Gasteiger partial charge < -0.3 is 5.32 Å². The quantitative estimate of drug-likeness (QED) is 0.509. The first-order valence-electron chi connectivity index (χ1n) is 9.72. The number of hydrogen-bond acceptors (Lipinski definition) is 4. The lowest BCUT2D eigenvalue weighted by molar-refractivity contribution is -0.137. The Morgan fingerprint density at radius 3 is 2.56 bits per heavy atom. The minimum absolute atomic E-state index is 0.0227. The van der Waals surface area contributed by atoms with Crippen LogP contribution in [0.1, 0.15) is 17.8 Å². The molecule has 164 valence electrons. The molecule has 0 aliphatic rings. The molecule has 0 saturated carbocycles. The molecule has 0 fully saturated rings. The number of halogens is 3. The number of benzene rings is 2. The molecule has 2 aromatic heterocycles. The summed E-state index contributed by atoms with van der Waals surface area (Å²) in [6.45, 7) is 1.67. The lowest BCUT2D eigenvalue weighted by Gasteiger charge is -2.12. The van der Waals surface area contributed by atoms with Gasteiger partial charge >= 0.3 is 6.18 Å². The number of para-hydroxylation sites is 1. The van der Waals surface area contributed by atoms with Crippen LogP contribution in [0.25, 0.3) is 16.7 Å². The zero-order valence-corrected chi connectivity index (χ0v) is 16.9. The lowest BCUT2D eigenvalue weighted by Crippen LogP contribution is -2.26. The van der Waals surface area contributed by atoms with E-state index in [1.165, 1.54) is 22.9 Å². The highest BCUT2D eigenvalue weighted by atomic mass is 19.4. The van der Waals surface area contributed by atoms with Gasteiger partial charge in [0.2, 0.25) is 5.91 Å². The minimum Gasteiger partial charge on any atom is -0.326 e. The summed E-state index contributed by atoms with van der Waals surface area (Å²) in [6.07, 6.45) is -3.19. The van der Waals surface area contributed by atoms with Gasteiger partial charge in [0, 0.05) is 18.7 Å². The van der Waals surface area contributed by atoms with Gasteiger partial charge in [-0.05, 0) is 37.3 Å². The van der Waals surface area contributed by atoms with E-state index < -0.39 is 17.6 Å². The average Bonchev–Trinajstić information content (AvgIpc) is 3.17. The van der Waals surface area contributed by atoms with Gasteiger partial charge in [0.15, 0.2) is 5.65 Å². The topological polar surface area (TPSA) is 81.8 Å². The summed E-state index contributed by atoms with van der Waals surface area (Å²) < 4.78 is 41.4. The summed E-state index contributed by atoms with van der Waals surface area (Å²) in [5.41, 5.74) is -0.00372. The van der Waals surface area contributed by atoms with E-state index in [1.54, 1.807) is 11.6 Å². The molecule has 0 aliphatic carbocycles. The number of aryl methyl sites for hydroxylation is 1. The van der Waals surface area contributed by atoms with Crippen LogP contribution in [0.5, 0.6) is 0 Å². The number of amides is 1. The first-order valence-corrected chi connectivity index (χ1v) is 9.72. The molecule has 1 N–H and O–H groups in total. The van der Waals surface area contributed by atoms with Crippen molar-refractivity contribution in [3.05, 3.63) is 82.5 Å². The molecule has 2 heterocycles. The number of alkyl halides is 3. The molecule has 0 aliphatic heterocycles. The third kappa shape index (κ3) is 4.25. The number of hydrogen-bond donors (Lipinski definition) is 1. The zero-order valence-electron chi connectivity index (χ0n) is 16.9. The average molecular weight is 441 g/mol. The predicted octanol–water partition coefficient (Wildman–Crippen LogP) is 3.94. The van der Waals surface area contributed by atoms with Crippen LogP contribution in [0.15, 0.2) is 65.6 Å². The van der Waals surface area contributed by atoms with Gasteiger partial charge in [0.05, 0.1) is 17.4 Å². The number of carbonyl (C=O) groups excluding carboxylic acids is 1. The van der Waals surface area contributed by atoms with Crippen LogP contribution in [-0.2, 0) is 17.5 Å². The van der Waals surface area contributed by atoms with Crippen molar-refractivity contribution in [3.63, 3.8) is 0 Å². The van der Waals surface area contributed by atoms with E-state index >= 15 is 0 Å². The number of nitrogens with one attached hydrogen (secondary N) is 1. The Morgan fingerprint density at radius 2 is 1.84 bits per heavy atom. The van der Waals surface area contributed by atoms with Gasteiger partial charge in [-0.2, -0.15) is 18.3 Å². The first kappa shape index (κ1) is 21.3. The Bertz CT molecular complexity index is 1340. The number of nitrogens with zero attached hydrogens (tertiary/aromatic N) is 4. The third-order valence-electron chi connectivity index (χ3n) is 4.91. The summed E-state index contributed by atoms with van der Waals surface area (Å²) in [5.74, 6) is -0.122. The molecule has 0 atom stereocenters. The van der Waals surface area contributed by atoms with E-state index in [0.29, 0.717) is 16.9 Å². The van der Waals surface area contributed by atoms with Crippen LogP contribution in [0, 0.1) is 6.92 Å². The van der Waals surface area contributed by atoms with Gasteiger partial charge in [-0.1, -0.05) is 24.3 Å². The second-order valence-corrected chi connectivity index (χ2v) is 7.12. The second kappa shape index (κ2) is 8.29. The molecule has 0 unspecified atom stereocenters. The van der Waals surface area contributed by atoms with Gasteiger partial charge in [0.1, 0.15) is 11.2 Å². The van der Waals surface area contributed by atoms with Gasteiger partial charge in [-0.25, -0.2) is 9.67 Å². The van der Waals surface area contributed by atoms with Crippen LogP contribution in [0.4, 0.5) is 18.9 Å². The molecule has 32 heavy (non-hydrogen) atoms. The summed E-state index contributed by atoms with van der Waals surface area (Å²) in [5, 5.41) is 7.00. The zero-order chi connectivity index (χ0) is 22.9. The maximum Gasteiger partial charge on any atom is 0.416 e. The Balaban J connectivity index is 1.53. The summed E-state index contributed by atoms with van der Waals surface area (Å²) in [4.78, 5) is 29.7. The van der Waals surface area contributed by atoms with E-state index in [2.05, 4.69) is 15.4 Å². The largest absolute Gasteiger partial charge is 0.416 e. The van der Waals surface area contributed by atoms with Crippen LogP contribution < -0.4 is 10.9 Å². The SMILES string of the molecule is Cc1nc2c(cnn2-c2ccccc2)c(=O)n1CCC(=O)Nc1cccc(C(F)(F)F)c1. The monoisotopic (exact) mass is 441 g/mol. The number of aromatic nitrogens is 4. The smallest absolute Gasteiger partial charge is 0.326 e. The van der Waals surface area contributed by atoms with Gasteiger partial charge in [-0.3, -0.25) is 14.2 Å². The second-order valence-electron chi connectivity index (χ2n) is 7.12. The van der Waals surface area contributed by atoms with Crippen molar-refractivity contribution in [2.24, 2.45) is 0 Å². The lowest BCUT2D eigenvalue weighted by atomic mass is 10.2. The molecular weight excluding hydrogens is 423 g/mol. The highest BCUT2D eigenvalue weighted by Crippen LogP contribution is 2.30. The van der Waals surface area contributed by atoms with Gasteiger partial charge in [0.25, 0.3) is 5.56 Å². The Labute approximate surface area is 180 Å². The van der Waals surface area contributed by atoms with E-state index in [-0.39, 0.29) is 24.2 Å². The predicted molar refractivity (Wildman–Crippen MR) is 113 cm³/mol. The van der Waals surface area contributed by atoms with E-state index in [4.69, 9.17) is 0 Å². The number of carbonyl (C=O) groups is 1. The number of anilines is 1. The Kier molecular flexibility index (Phi) is 5.52. The maximum atomic E-state index is 12.9. The normalized spacial score (nSPS) is 11.6. The van der Waals surface area contributed by atoms with E-state index in [0.717, 1.165) is 17.8 Å². The molecule has 4 rings (SSSR count). The standard InChI is InChI=1S/C22H18F3N5O2/c1-14-27-20-18(13-26-30(20)17-8-3-2-4-9-17)21(32)29(14)11-10-19(31)28-16-7-5-6-15(12-16)22(23,24)25/h2-9,12-13H,10-11H2,1H3,(H,28,31). The molecule has 0 bridgehead atoms. The van der Waals surface area contributed by atoms with E-state index in [9.17, 15) is 22.8 Å². The van der Waals surface area contributed by atoms with Gasteiger partial charge in [-0.15, -0.1) is 0 Å². The fraction of sp³-hybridized carbons (Fsp3) is 0.182. The highest BCUT2D eigenvalue weighted by Gasteiger charge is 2.30. The minimum atomic E-state index is -4.50. The summed E-state index contributed by atoms with van der Waals surface area (Å²) in [6, 6.07) is 13.6. The van der Waals surface area contributed by atoms with Crippen LogP contribution in [0.3, 0.4) is 0 Å². The Morgan fingerprint density at radius 1 is 1.09 bits per heavy atom. The van der Waals surface area contributed by atoms with E-state index in [1.807, 2.05) is 30.3 Å². The molecule has 7 nitrogen and oxygen atoms in total. The molecule has 0 saturated heterocycles. The van der Waals surface area contributed by atoms with Crippen LogP contribution in [0.2, 0.25) is 0 Å². The van der Waals surface area contributed by atoms with Crippen molar-refractivity contribution in [1.82, 2.24) is 19.3 Å². The molecular formula is C22H18F3N5O2. The maximum absolute atomic E-state index is 12.9. The summed E-state index contributed by atoms with van der Waals surface area (Å²) >= 11 is 0. The first-order chi connectivity index (χ1) is 15.2.